The quantitative estimate of drug-likeness (QED) is 0.175. The molecular formula is C22H14N4O7. The third kappa shape index (κ3) is 5.68. The number of non-ortho nitro benzene ring substituents is 1. The summed E-state index contributed by atoms with van der Waals surface area (Å²) in [5.74, 6) is -0.719. The first-order valence-corrected chi connectivity index (χ1v) is 9.20. The van der Waals surface area contributed by atoms with Crippen molar-refractivity contribution in [2.45, 2.75) is 0 Å². The fraction of sp³-hybridized carbons (Fsp3) is 0. The number of phenols is 1. The van der Waals surface area contributed by atoms with Crippen LogP contribution in [0.4, 0.5) is 17.1 Å². The van der Waals surface area contributed by atoms with Crippen LogP contribution >= 0.6 is 0 Å². The van der Waals surface area contributed by atoms with E-state index in [2.05, 4.69) is 5.32 Å². The molecule has 0 fully saturated rings. The number of amides is 1. The van der Waals surface area contributed by atoms with E-state index in [-0.39, 0.29) is 22.8 Å². The second kappa shape index (κ2) is 9.71. The van der Waals surface area contributed by atoms with Gasteiger partial charge in [0.2, 0.25) is 5.75 Å². The summed E-state index contributed by atoms with van der Waals surface area (Å²) in [6, 6.07) is 16.5. The Morgan fingerprint density at radius 3 is 2.39 bits per heavy atom. The Labute approximate surface area is 186 Å². The van der Waals surface area contributed by atoms with Crippen molar-refractivity contribution in [2.75, 3.05) is 5.32 Å². The monoisotopic (exact) mass is 446 g/mol. The largest absolute Gasteiger partial charge is 0.508 e. The number of nitriles is 1. The Morgan fingerprint density at radius 2 is 1.76 bits per heavy atom. The number of nitro benzene ring substituents is 2. The van der Waals surface area contributed by atoms with Crippen LogP contribution < -0.4 is 10.1 Å². The van der Waals surface area contributed by atoms with Gasteiger partial charge in [-0.05, 0) is 54.1 Å². The Morgan fingerprint density at radius 1 is 1.03 bits per heavy atom. The van der Waals surface area contributed by atoms with E-state index < -0.39 is 27.1 Å². The standard InChI is InChI=1S/C22H14N4O7/c23-13-15(22(28)24-16-4-7-18(27)8-5-16)10-14-2-1-3-19(11-14)33-21-9-6-17(25(29)30)12-20(21)26(31)32/h1-12,27H,(H,24,28)/b15-10-. The van der Waals surface area contributed by atoms with Gasteiger partial charge in [0.05, 0.1) is 15.9 Å². The highest BCUT2D eigenvalue weighted by Crippen LogP contribution is 2.34. The SMILES string of the molecule is N#C/C(=C/c1cccc(Oc2ccc([N+](=O)[O-])cc2[N+](=O)[O-])c1)C(=O)Nc1ccc(O)cc1. The molecule has 1 amide bonds. The number of rotatable bonds is 7. The minimum absolute atomic E-state index is 0.0223. The zero-order valence-electron chi connectivity index (χ0n) is 16.7. The van der Waals surface area contributed by atoms with Crippen LogP contribution in [0.5, 0.6) is 17.2 Å². The third-order valence-corrected chi connectivity index (χ3v) is 4.24. The van der Waals surface area contributed by atoms with Crippen LogP contribution in [-0.2, 0) is 4.79 Å². The average Bonchev–Trinajstić information content (AvgIpc) is 2.79. The molecule has 3 aromatic carbocycles. The molecule has 0 atom stereocenters. The first kappa shape index (κ1) is 22.4. The summed E-state index contributed by atoms with van der Waals surface area (Å²) in [5.41, 5.74) is -0.488. The number of hydrogen-bond acceptors (Lipinski definition) is 8. The summed E-state index contributed by atoms with van der Waals surface area (Å²) < 4.78 is 5.53. The van der Waals surface area contributed by atoms with Gasteiger partial charge in [-0.25, -0.2) is 0 Å². The van der Waals surface area contributed by atoms with Crippen molar-refractivity contribution >= 4 is 29.0 Å². The molecule has 164 valence electrons. The average molecular weight is 446 g/mol. The molecule has 0 unspecified atom stereocenters. The number of phenolic OH excluding ortho intramolecular Hbond substituents is 1. The van der Waals surface area contributed by atoms with Crippen LogP contribution in [0.25, 0.3) is 6.08 Å². The van der Waals surface area contributed by atoms with Crippen molar-refractivity contribution in [3.63, 3.8) is 0 Å². The number of nitrogens with one attached hydrogen (secondary N) is 1. The number of carbonyl (C=O) groups is 1. The van der Waals surface area contributed by atoms with Gasteiger partial charge in [-0.2, -0.15) is 5.26 Å². The summed E-state index contributed by atoms with van der Waals surface area (Å²) in [6.07, 6.45) is 1.30. The minimum atomic E-state index is -0.798. The first-order valence-electron chi connectivity index (χ1n) is 9.20. The topological polar surface area (TPSA) is 169 Å². The third-order valence-electron chi connectivity index (χ3n) is 4.24. The lowest BCUT2D eigenvalue weighted by Gasteiger charge is -2.08. The molecule has 0 heterocycles. The van der Waals surface area contributed by atoms with Crippen molar-refractivity contribution in [3.8, 4) is 23.3 Å². The Balaban J connectivity index is 1.84. The lowest BCUT2D eigenvalue weighted by atomic mass is 10.1. The number of benzene rings is 3. The Kier molecular flexibility index (Phi) is 6.61. The van der Waals surface area contributed by atoms with E-state index in [0.717, 1.165) is 18.2 Å². The predicted molar refractivity (Wildman–Crippen MR) is 117 cm³/mol. The van der Waals surface area contributed by atoms with Crippen molar-refractivity contribution in [2.24, 2.45) is 0 Å². The second-order valence-electron chi connectivity index (χ2n) is 6.51. The van der Waals surface area contributed by atoms with Gasteiger partial charge in [0.15, 0.2) is 0 Å². The molecule has 11 nitrogen and oxygen atoms in total. The van der Waals surface area contributed by atoms with E-state index in [1.165, 1.54) is 42.5 Å². The summed E-state index contributed by atoms with van der Waals surface area (Å²) in [5, 5.41) is 43.4. The van der Waals surface area contributed by atoms with Crippen LogP contribution in [0.2, 0.25) is 0 Å². The molecular weight excluding hydrogens is 432 g/mol. The fourth-order valence-corrected chi connectivity index (χ4v) is 2.70. The van der Waals surface area contributed by atoms with Crippen LogP contribution in [0, 0.1) is 31.6 Å². The van der Waals surface area contributed by atoms with Gasteiger partial charge in [-0.3, -0.25) is 25.0 Å². The molecule has 0 aliphatic carbocycles. The molecule has 0 aliphatic heterocycles. The summed E-state index contributed by atoms with van der Waals surface area (Å²) in [4.78, 5) is 33.0. The van der Waals surface area contributed by atoms with Gasteiger partial charge in [-0.15, -0.1) is 0 Å². The lowest BCUT2D eigenvalue weighted by Crippen LogP contribution is -2.13. The van der Waals surface area contributed by atoms with E-state index in [1.807, 2.05) is 0 Å². The highest BCUT2D eigenvalue weighted by atomic mass is 16.6. The zero-order chi connectivity index (χ0) is 24.0. The molecule has 0 bridgehead atoms. The summed E-state index contributed by atoms with van der Waals surface area (Å²) in [6.45, 7) is 0. The minimum Gasteiger partial charge on any atom is -0.508 e. The Hall–Kier alpha value is -5.24. The number of hydrogen-bond donors (Lipinski definition) is 2. The maximum Gasteiger partial charge on any atom is 0.318 e. The van der Waals surface area contributed by atoms with Crippen LogP contribution in [-0.4, -0.2) is 20.9 Å². The zero-order valence-corrected chi connectivity index (χ0v) is 16.7. The number of nitrogens with zero attached hydrogens (tertiary/aromatic N) is 3. The molecule has 3 aromatic rings. The maximum atomic E-state index is 12.4. The first-order chi connectivity index (χ1) is 15.8. The smallest absolute Gasteiger partial charge is 0.318 e. The molecule has 11 heteroatoms. The van der Waals surface area contributed by atoms with E-state index in [4.69, 9.17) is 4.74 Å². The van der Waals surface area contributed by atoms with Gasteiger partial charge in [0, 0.05) is 11.8 Å². The highest BCUT2D eigenvalue weighted by molar-refractivity contribution is 6.09. The van der Waals surface area contributed by atoms with Crippen LogP contribution in [0.15, 0.2) is 72.3 Å². The van der Waals surface area contributed by atoms with Crippen molar-refractivity contribution in [3.05, 3.63) is 98.1 Å². The van der Waals surface area contributed by atoms with Gasteiger partial charge < -0.3 is 15.2 Å². The lowest BCUT2D eigenvalue weighted by molar-refractivity contribution is -0.394. The number of nitro groups is 2. The number of carbonyl (C=O) groups excluding carboxylic acids is 1. The molecule has 0 spiro atoms. The van der Waals surface area contributed by atoms with Crippen molar-refractivity contribution in [1.29, 1.82) is 5.26 Å². The fourth-order valence-electron chi connectivity index (χ4n) is 2.70. The highest BCUT2D eigenvalue weighted by Gasteiger charge is 2.21. The van der Waals surface area contributed by atoms with E-state index in [0.29, 0.717) is 11.3 Å². The van der Waals surface area contributed by atoms with Crippen LogP contribution in [0.3, 0.4) is 0 Å². The van der Waals surface area contributed by atoms with Crippen molar-refractivity contribution in [1.82, 2.24) is 0 Å². The molecule has 2 N–H and O–H groups in total. The molecule has 0 radical (unpaired) electrons. The van der Waals surface area contributed by atoms with Crippen LogP contribution in [0.1, 0.15) is 5.56 Å². The van der Waals surface area contributed by atoms with Gasteiger partial charge >= 0.3 is 5.69 Å². The predicted octanol–water partition coefficient (Wildman–Crippen LogP) is 4.55. The molecule has 0 saturated carbocycles. The molecule has 3 rings (SSSR count). The Bertz CT molecular complexity index is 1310. The van der Waals surface area contributed by atoms with Gasteiger partial charge in [-0.1, -0.05) is 12.1 Å². The second-order valence-corrected chi connectivity index (χ2v) is 6.51. The summed E-state index contributed by atoms with van der Waals surface area (Å²) in [7, 11) is 0. The van der Waals surface area contributed by atoms with E-state index >= 15 is 0 Å². The molecule has 0 aliphatic rings. The normalized spacial score (nSPS) is 10.7. The molecule has 0 saturated heterocycles. The van der Waals surface area contributed by atoms with E-state index in [9.17, 15) is 35.4 Å². The number of anilines is 1. The summed E-state index contributed by atoms with van der Waals surface area (Å²) >= 11 is 0. The molecule has 0 aromatic heterocycles. The number of ether oxygens (including phenoxy) is 1. The van der Waals surface area contributed by atoms with E-state index in [1.54, 1.807) is 18.2 Å². The van der Waals surface area contributed by atoms with Gasteiger partial charge in [0.25, 0.3) is 11.6 Å². The van der Waals surface area contributed by atoms with Gasteiger partial charge in [0.1, 0.15) is 23.1 Å². The van der Waals surface area contributed by atoms with Crippen molar-refractivity contribution < 1.29 is 24.5 Å². The molecule has 33 heavy (non-hydrogen) atoms. The number of aromatic hydroxyl groups is 1. The maximum absolute atomic E-state index is 12.4.